The topological polar surface area (TPSA) is 82.3 Å². The average Bonchev–Trinajstić information content (AvgIpc) is 2.95. The molecule has 0 aromatic carbocycles. The van der Waals surface area contributed by atoms with Gasteiger partial charge < -0.3 is 15.2 Å². The largest absolute Gasteiger partial charge is 0.417 e. The number of carbonyl (C=O) groups excluding carboxylic acids is 2. The van der Waals surface area contributed by atoms with Crippen LogP contribution in [0.2, 0.25) is 0 Å². The quantitative estimate of drug-likeness (QED) is 0.851. The maximum Gasteiger partial charge on any atom is 0.417 e. The minimum atomic E-state index is -4.65. The fraction of sp³-hybridized carbons (Fsp3) is 0.562. The van der Waals surface area contributed by atoms with Crippen molar-refractivity contribution in [3.63, 3.8) is 0 Å². The number of hydrogen-bond acceptors (Lipinski definition) is 3. The summed E-state index contributed by atoms with van der Waals surface area (Å²) in [7, 11) is 0. The number of anilines is 1. The number of aromatic nitrogens is 1. The van der Waals surface area contributed by atoms with Crippen LogP contribution >= 0.6 is 0 Å². The molecule has 25 heavy (non-hydrogen) atoms. The van der Waals surface area contributed by atoms with Gasteiger partial charge in [0.05, 0.1) is 5.56 Å². The number of amides is 2. The van der Waals surface area contributed by atoms with Crippen molar-refractivity contribution in [1.82, 2.24) is 9.88 Å². The van der Waals surface area contributed by atoms with Crippen LogP contribution in [0.3, 0.4) is 0 Å². The third-order valence-electron chi connectivity index (χ3n) is 3.95. The van der Waals surface area contributed by atoms with Crippen molar-refractivity contribution in [1.29, 1.82) is 0 Å². The number of H-pyrrole nitrogens is 1. The molecular weight excluding hydrogens is 339 g/mol. The molecule has 0 radical (unpaired) electrons. The molecule has 2 N–H and O–H groups in total. The van der Waals surface area contributed by atoms with Crippen LogP contribution in [0, 0.1) is 5.41 Å². The minimum absolute atomic E-state index is 0.219. The molecule has 2 amide bonds. The molecule has 1 aliphatic heterocycles. The van der Waals surface area contributed by atoms with Crippen molar-refractivity contribution in [3.05, 3.63) is 28.2 Å². The zero-order chi connectivity index (χ0) is 19.0. The standard InChI is InChI=1S/C16H20F3N3O3/c1-15(2,3)14(25)22-6-4-5-11(22)13(24)21-10-7-9(16(17,18)19)8-20-12(10)23/h7-8,11H,4-6H2,1-3H3,(H,20,23)(H,21,24). The van der Waals surface area contributed by atoms with Crippen molar-refractivity contribution >= 4 is 17.5 Å². The number of hydrogen-bond donors (Lipinski definition) is 2. The molecule has 1 unspecified atom stereocenters. The van der Waals surface area contributed by atoms with Crippen LogP contribution in [-0.4, -0.2) is 34.3 Å². The Morgan fingerprint density at radius 2 is 1.92 bits per heavy atom. The molecule has 138 valence electrons. The monoisotopic (exact) mass is 359 g/mol. The summed E-state index contributed by atoms with van der Waals surface area (Å²) in [6, 6.07) is -0.220. The van der Waals surface area contributed by atoms with Crippen LogP contribution in [-0.2, 0) is 15.8 Å². The van der Waals surface area contributed by atoms with E-state index in [1.165, 1.54) is 4.90 Å². The van der Waals surface area contributed by atoms with Gasteiger partial charge in [-0.15, -0.1) is 0 Å². The first-order chi connectivity index (χ1) is 11.4. The number of pyridine rings is 1. The highest BCUT2D eigenvalue weighted by Crippen LogP contribution is 2.30. The molecule has 2 rings (SSSR count). The van der Waals surface area contributed by atoms with Gasteiger partial charge in [-0.1, -0.05) is 20.8 Å². The van der Waals surface area contributed by atoms with Crippen LogP contribution in [0.4, 0.5) is 18.9 Å². The van der Waals surface area contributed by atoms with E-state index >= 15 is 0 Å². The van der Waals surface area contributed by atoms with E-state index < -0.39 is 40.4 Å². The van der Waals surface area contributed by atoms with Crippen LogP contribution in [0.1, 0.15) is 39.2 Å². The van der Waals surface area contributed by atoms with Crippen molar-refractivity contribution in [2.75, 3.05) is 11.9 Å². The molecule has 1 saturated heterocycles. The van der Waals surface area contributed by atoms with Crippen LogP contribution in [0.25, 0.3) is 0 Å². The third-order valence-corrected chi connectivity index (χ3v) is 3.95. The minimum Gasteiger partial charge on any atom is -0.330 e. The second-order valence-corrected chi connectivity index (χ2v) is 7.02. The molecule has 0 saturated carbocycles. The highest BCUT2D eigenvalue weighted by molar-refractivity contribution is 5.98. The Morgan fingerprint density at radius 3 is 2.48 bits per heavy atom. The number of rotatable bonds is 2. The van der Waals surface area contributed by atoms with E-state index in [-0.39, 0.29) is 5.91 Å². The third kappa shape index (κ3) is 4.21. The lowest BCUT2D eigenvalue weighted by molar-refractivity contribution is -0.143. The predicted molar refractivity (Wildman–Crippen MR) is 84.9 cm³/mol. The van der Waals surface area contributed by atoms with Gasteiger partial charge in [0.25, 0.3) is 5.56 Å². The molecule has 9 heteroatoms. The van der Waals surface area contributed by atoms with Crippen molar-refractivity contribution in [2.45, 2.75) is 45.8 Å². The van der Waals surface area contributed by atoms with Gasteiger partial charge in [0.2, 0.25) is 11.8 Å². The fourth-order valence-corrected chi connectivity index (χ4v) is 2.67. The number of halogens is 3. The van der Waals surface area contributed by atoms with Crippen molar-refractivity contribution in [2.24, 2.45) is 5.41 Å². The molecule has 0 aliphatic carbocycles. The van der Waals surface area contributed by atoms with Gasteiger partial charge in [0.15, 0.2) is 0 Å². The highest BCUT2D eigenvalue weighted by atomic mass is 19.4. The Hall–Kier alpha value is -2.32. The molecule has 1 aliphatic rings. The zero-order valence-corrected chi connectivity index (χ0v) is 14.2. The van der Waals surface area contributed by atoms with Gasteiger partial charge >= 0.3 is 6.18 Å². The van der Waals surface area contributed by atoms with Crippen LogP contribution in [0.15, 0.2) is 17.1 Å². The lowest BCUT2D eigenvalue weighted by atomic mass is 9.94. The summed E-state index contributed by atoms with van der Waals surface area (Å²) in [6.07, 6.45) is -3.10. The molecule has 1 aromatic heterocycles. The summed E-state index contributed by atoms with van der Waals surface area (Å²) in [6.45, 7) is 5.56. The van der Waals surface area contributed by atoms with E-state index in [1.54, 1.807) is 20.8 Å². The molecule has 0 bridgehead atoms. The highest BCUT2D eigenvalue weighted by Gasteiger charge is 2.39. The number of carbonyl (C=O) groups is 2. The van der Waals surface area contributed by atoms with E-state index in [4.69, 9.17) is 0 Å². The lowest BCUT2D eigenvalue weighted by Crippen LogP contribution is -2.47. The van der Waals surface area contributed by atoms with E-state index in [1.807, 2.05) is 4.98 Å². The number of nitrogens with one attached hydrogen (secondary N) is 2. The van der Waals surface area contributed by atoms with E-state index in [9.17, 15) is 27.6 Å². The van der Waals surface area contributed by atoms with Gasteiger partial charge in [-0.25, -0.2) is 0 Å². The van der Waals surface area contributed by atoms with Gasteiger partial charge in [-0.05, 0) is 18.9 Å². The van der Waals surface area contributed by atoms with Crippen molar-refractivity contribution < 1.29 is 22.8 Å². The molecule has 2 heterocycles. The van der Waals surface area contributed by atoms with Crippen molar-refractivity contribution in [3.8, 4) is 0 Å². The van der Waals surface area contributed by atoms with Crippen LogP contribution in [0.5, 0.6) is 0 Å². The Labute approximate surface area is 142 Å². The molecule has 1 aromatic rings. The number of likely N-dealkylation sites (tertiary alicyclic amines) is 1. The van der Waals surface area contributed by atoms with E-state index in [0.717, 1.165) is 0 Å². The SMILES string of the molecule is CC(C)(C)C(=O)N1CCCC1C(=O)Nc1cc(C(F)(F)F)c[nH]c1=O. The molecule has 1 fully saturated rings. The number of nitrogens with zero attached hydrogens (tertiary/aromatic N) is 1. The first-order valence-electron chi connectivity index (χ1n) is 7.83. The zero-order valence-electron chi connectivity index (χ0n) is 14.2. The Kier molecular flexibility index (Phi) is 4.97. The Morgan fingerprint density at radius 1 is 1.28 bits per heavy atom. The normalized spacial score (nSPS) is 18.3. The smallest absolute Gasteiger partial charge is 0.330 e. The second-order valence-electron chi connectivity index (χ2n) is 7.02. The molecule has 6 nitrogen and oxygen atoms in total. The predicted octanol–water partition coefficient (Wildman–Crippen LogP) is 2.37. The summed E-state index contributed by atoms with van der Waals surface area (Å²) in [4.78, 5) is 39.9. The van der Waals surface area contributed by atoms with Gasteiger partial charge in [-0.2, -0.15) is 13.2 Å². The van der Waals surface area contributed by atoms with Gasteiger partial charge in [0.1, 0.15) is 11.7 Å². The average molecular weight is 359 g/mol. The summed E-state index contributed by atoms with van der Waals surface area (Å²) >= 11 is 0. The second kappa shape index (κ2) is 6.53. The lowest BCUT2D eigenvalue weighted by Gasteiger charge is -2.30. The summed E-state index contributed by atoms with van der Waals surface area (Å²) in [5.41, 5.74) is -3.09. The van der Waals surface area contributed by atoms with Gasteiger partial charge in [0, 0.05) is 18.2 Å². The van der Waals surface area contributed by atoms with E-state index in [2.05, 4.69) is 5.32 Å². The number of aromatic amines is 1. The number of alkyl halides is 3. The fourth-order valence-electron chi connectivity index (χ4n) is 2.67. The Bertz CT molecular complexity index is 735. The first kappa shape index (κ1) is 19.0. The molecule has 0 spiro atoms. The molecular formula is C16H20F3N3O3. The first-order valence-corrected chi connectivity index (χ1v) is 7.83. The van der Waals surface area contributed by atoms with E-state index in [0.29, 0.717) is 31.6 Å². The maximum atomic E-state index is 12.7. The summed E-state index contributed by atoms with van der Waals surface area (Å²) in [5.74, 6) is -0.886. The summed E-state index contributed by atoms with van der Waals surface area (Å²) in [5, 5.41) is 2.22. The summed E-state index contributed by atoms with van der Waals surface area (Å²) < 4.78 is 38.2. The van der Waals surface area contributed by atoms with Crippen LogP contribution < -0.4 is 10.9 Å². The maximum absolute atomic E-state index is 12.7. The Balaban J connectivity index is 2.22. The van der Waals surface area contributed by atoms with Gasteiger partial charge in [-0.3, -0.25) is 14.4 Å². The molecule has 1 atom stereocenters.